The highest BCUT2D eigenvalue weighted by molar-refractivity contribution is 6.06. The fraction of sp³-hybridized carbons (Fsp3) is 0.333. The Balaban J connectivity index is 1.69. The number of nitrogens with zero attached hydrogens (tertiary/aromatic N) is 3. The highest BCUT2D eigenvalue weighted by Gasteiger charge is 2.35. The predicted octanol–water partition coefficient (Wildman–Crippen LogP) is 1.43. The minimum Gasteiger partial charge on any atom is -0.390 e. The van der Waals surface area contributed by atoms with Crippen molar-refractivity contribution in [3.63, 3.8) is 0 Å². The largest absolute Gasteiger partial charge is 0.390 e. The number of hydrogen-bond donors (Lipinski definition) is 3. The van der Waals surface area contributed by atoms with Gasteiger partial charge in [-0.05, 0) is 18.6 Å². The van der Waals surface area contributed by atoms with Crippen LogP contribution >= 0.6 is 0 Å². The number of aliphatic hydroxyl groups is 1. The average molecular weight is 369 g/mol. The van der Waals surface area contributed by atoms with Crippen LogP contribution in [0.1, 0.15) is 36.4 Å². The maximum absolute atomic E-state index is 12.5. The topological polar surface area (TPSA) is 122 Å². The number of aromatic amines is 1. The number of fused-ring (bicyclic) bond motifs is 1. The molecule has 0 spiro atoms. The van der Waals surface area contributed by atoms with Crippen LogP contribution in [0.15, 0.2) is 41.5 Å². The molecule has 4 rings (SSSR count). The van der Waals surface area contributed by atoms with Gasteiger partial charge in [-0.3, -0.25) is 4.79 Å². The van der Waals surface area contributed by atoms with E-state index in [2.05, 4.69) is 20.3 Å². The first kappa shape index (κ1) is 17.4. The molecule has 1 aliphatic rings. The molecule has 0 aliphatic carbocycles. The summed E-state index contributed by atoms with van der Waals surface area (Å²) >= 11 is 0. The second-order valence-electron chi connectivity index (χ2n) is 6.38. The van der Waals surface area contributed by atoms with E-state index < -0.39 is 18.0 Å². The number of ether oxygens (including phenoxy) is 1. The van der Waals surface area contributed by atoms with E-state index >= 15 is 0 Å². The van der Waals surface area contributed by atoms with Crippen LogP contribution < -0.4 is 11.0 Å². The maximum atomic E-state index is 12.5. The van der Waals surface area contributed by atoms with Crippen LogP contribution in [-0.2, 0) is 4.74 Å². The monoisotopic (exact) mass is 369 g/mol. The number of anilines is 1. The van der Waals surface area contributed by atoms with E-state index in [1.807, 2.05) is 13.0 Å². The fourth-order valence-electron chi connectivity index (χ4n) is 3.31. The summed E-state index contributed by atoms with van der Waals surface area (Å²) in [6.45, 7) is 1.91. The first-order valence-electron chi connectivity index (χ1n) is 8.73. The summed E-state index contributed by atoms with van der Waals surface area (Å²) in [6.07, 6.45) is 0.610. The summed E-state index contributed by atoms with van der Waals surface area (Å²) in [5.41, 5.74) is 0.658. The zero-order valence-corrected chi connectivity index (χ0v) is 14.6. The molecule has 1 unspecified atom stereocenters. The van der Waals surface area contributed by atoms with Crippen molar-refractivity contribution in [1.29, 1.82) is 0 Å². The number of benzene rings is 1. The van der Waals surface area contributed by atoms with E-state index in [1.165, 1.54) is 10.9 Å². The van der Waals surface area contributed by atoms with Crippen LogP contribution in [0.2, 0.25) is 0 Å². The second kappa shape index (κ2) is 6.93. The van der Waals surface area contributed by atoms with Gasteiger partial charge < -0.3 is 20.1 Å². The third kappa shape index (κ3) is 3.11. The molecule has 1 saturated heterocycles. The molecule has 3 atom stereocenters. The number of hydrogen-bond acceptors (Lipinski definition) is 6. The lowest BCUT2D eigenvalue weighted by Gasteiger charge is -2.13. The van der Waals surface area contributed by atoms with Gasteiger partial charge in [0.2, 0.25) is 0 Å². The van der Waals surface area contributed by atoms with Crippen molar-refractivity contribution in [3.05, 3.63) is 52.7 Å². The quantitative estimate of drug-likeness (QED) is 0.639. The molecule has 9 heteroatoms. The molecular weight excluding hydrogens is 350 g/mol. The van der Waals surface area contributed by atoms with Gasteiger partial charge in [0.05, 0.1) is 12.2 Å². The second-order valence-corrected chi connectivity index (χ2v) is 6.38. The highest BCUT2D eigenvalue weighted by atomic mass is 16.5. The van der Waals surface area contributed by atoms with Gasteiger partial charge in [0, 0.05) is 12.0 Å². The van der Waals surface area contributed by atoms with E-state index in [4.69, 9.17) is 4.74 Å². The van der Waals surface area contributed by atoms with E-state index in [0.717, 1.165) is 0 Å². The maximum Gasteiger partial charge on any atom is 0.329 e. The summed E-state index contributed by atoms with van der Waals surface area (Å²) in [4.78, 5) is 35.8. The van der Waals surface area contributed by atoms with Crippen LogP contribution in [0, 0.1) is 0 Å². The summed E-state index contributed by atoms with van der Waals surface area (Å²) in [5, 5.41) is 12.8. The molecule has 1 aromatic carbocycles. The normalized spacial score (nSPS) is 22.2. The SMILES string of the molecule is CC[C@H]1O[C@@H](n2c(=O)[nH]c3c(NC(=O)c4ccccc4)ncnc32)CC1O. The molecule has 3 aromatic rings. The van der Waals surface area contributed by atoms with Gasteiger partial charge >= 0.3 is 5.69 Å². The average Bonchev–Trinajstić information content (AvgIpc) is 3.21. The van der Waals surface area contributed by atoms with Crippen molar-refractivity contribution in [2.24, 2.45) is 0 Å². The molecule has 0 bridgehead atoms. The number of carbonyl (C=O) groups is 1. The van der Waals surface area contributed by atoms with E-state index in [-0.39, 0.29) is 17.8 Å². The number of carbonyl (C=O) groups excluding carboxylic acids is 1. The summed E-state index contributed by atoms with van der Waals surface area (Å²) in [7, 11) is 0. The molecular formula is C18H19N5O4. The molecule has 0 radical (unpaired) electrons. The lowest BCUT2D eigenvalue weighted by molar-refractivity contribution is -0.0195. The third-order valence-corrected chi connectivity index (χ3v) is 4.67. The van der Waals surface area contributed by atoms with Crippen molar-refractivity contribution in [1.82, 2.24) is 19.5 Å². The summed E-state index contributed by atoms with van der Waals surface area (Å²) in [5.74, 6) is -0.141. The van der Waals surface area contributed by atoms with Gasteiger partial charge in [-0.15, -0.1) is 0 Å². The van der Waals surface area contributed by atoms with Gasteiger partial charge in [-0.1, -0.05) is 25.1 Å². The van der Waals surface area contributed by atoms with Crippen molar-refractivity contribution in [3.8, 4) is 0 Å². The number of nitrogens with one attached hydrogen (secondary N) is 2. The number of imidazole rings is 1. The Bertz CT molecular complexity index is 1030. The molecule has 1 amide bonds. The minimum atomic E-state index is -0.643. The number of H-pyrrole nitrogens is 1. The first-order valence-corrected chi connectivity index (χ1v) is 8.73. The predicted molar refractivity (Wildman–Crippen MR) is 97.4 cm³/mol. The van der Waals surface area contributed by atoms with Crippen LogP contribution in [0.3, 0.4) is 0 Å². The van der Waals surface area contributed by atoms with Crippen molar-refractivity contribution >= 4 is 22.9 Å². The Morgan fingerprint density at radius 2 is 2.15 bits per heavy atom. The first-order chi connectivity index (χ1) is 13.1. The van der Waals surface area contributed by atoms with Crippen LogP contribution in [0.4, 0.5) is 5.82 Å². The molecule has 2 aromatic heterocycles. The highest BCUT2D eigenvalue weighted by Crippen LogP contribution is 2.31. The molecule has 3 heterocycles. The summed E-state index contributed by atoms with van der Waals surface area (Å²) < 4.78 is 7.15. The standard InChI is InChI=1S/C18H19N5O4/c1-2-12-11(24)8-13(27-12)23-16-14(21-18(23)26)15(19-9-20-16)22-17(25)10-6-4-3-5-7-10/h3-7,9,11-13,24H,2,8H2,1H3,(H,21,26)(H,19,20,22,25)/t11?,12-,13-/m1/s1. The fourth-order valence-corrected chi connectivity index (χ4v) is 3.31. The molecule has 1 fully saturated rings. The zero-order chi connectivity index (χ0) is 19.0. The molecule has 0 saturated carbocycles. The number of rotatable bonds is 4. The molecule has 1 aliphatic heterocycles. The molecule has 140 valence electrons. The minimum absolute atomic E-state index is 0.204. The lowest BCUT2D eigenvalue weighted by atomic mass is 10.1. The van der Waals surface area contributed by atoms with Gasteiger partial charge in [-0.25, -0.2) is 19.3 Å². The van der Waals surface area contributed by atoms with Crippen LogP contribution in [0.5, 0.6) is 0 Å². The van der Waals surface area contributed by atoms with Crippen molar-refractivity contribution < 1.29 is 14.6 Å². The van der Waals surface area contributed by atoms with E-state index in [9.17, 15) is 14.7 Å². The van der Waals surface area contributed by atoms with Crippen LogP contribution in [0.25, 0.3) is 11.2 Å². The Hall–Kier alpha value is -3.04. The van der Waals surface area contributed by atoms with E-state index in [1.54, 1.807) is 24.3 Å². The zero-order valence-electron chi connectivity index (χ0n) is 14.6. The number of aliphatic hydroxyl groups excluding tert-OH is 1. The Labute approximate surface area is 154 Å². The summed E-state index contributed by atoms with van der Waals surface area (Å²) in [6, 6.07) is 8.70. The Morgan fingerprint density at radius 1 is 1.37 bits per heavy atom. The van der Waals surface area contributed by atoms with Gasteiger partial charge in [0.1, 0.15) is 18.1 Å². The smallest absolute Gasteiger partial charge is 0.329 e. The number of aromatic nitrogens is 4. The van der Waals surface area contributed by atoms with Gasteiger partial charge in [0.25, 0.3) is 5.91 Å². The Kier molecular flexibility index (Phi) is 4.46. The van der Waals surface area contributed by atoms with Crippen molar-refractivity contribution in [2.45, 2.75) is 38.2 Å². The van der Waals surface area contributed by atoms with E-state index in [0.29, 0.717) is 29.6 Å². The molecule has 3 N–H and O–H groups in total. The van der Waals surface area contributed by atoms with Crippen LogP contribution in [-0.4, -0.2) is 42.7 Å². The van der Waals surface area contributed by atoms with Gasteiger partial charge in [0.15, 0.2) is 11.5 Å². The number of amides is 1. The van der Waals surface area contributed by atoms with Crippen molar-refractivity contribution in [2.75, 3.05) is 5.32 Å². The third-order valence-electron chi connectivity index (χ3n) is 4.67. The molecule has 27 heavy (non-hydrogen) atoms. The molecule has 9 nitrogen and oxygen atoms in total. The Morgan fingerprint density at radius 3 is 2.85 bits per heavy atom. The lowest BCUT2D eigenvalue weighted by Crippen LogP contribution is -2.23. The van der Waals surface area contributed by atoms with Gasteiger partial charge in [-0.2, -0.15) is 0 Å².